The lowest BCUT2D eigenvalue weighted by atomic mass is 9.68. The second-order valence-electron chi connectivity index (χ2n) is 6.92. The van der Waals surface area contributed by atoms with Gasteiger partial charge in [-0.15, -0.1) is 0 Å². The molecule has 2 fully saturated rings. The Morgan fingerprint density at radius 1 is 1.05 bits per heavy atom. The smallest absolute Gasteiger partial charge is 0.122 e. The Bertz CT molecular complexity index is 452. The van der Waals surface area contributed by atoms with Gasteiger partial charge >= 0.3 is 0 Å². The minimum atomic E-state index is 0.491. The summed E-state index contributed by atoms with van der Waals surface area (Å²) < 4.78 is 0. The first-order valence-corrected chi connectivity index (χ1v) is 8.18. The van der Waals surface area contributed by atoms with E-state index in [1.54, 1.807) is 0 Å². The highest BCUT2D eigenvalue weighted by Crippen LogP contribution is 2.44. The number of nitrogens with zero attached hydrogens (tertiary/aromatic N) is 1. The molecule has 2 nitrogen and oxygen atoms in total. The molecular formula is C18H27NO. The summed E-state index contributed by atoms with van der Waals surface area (Å²) in [7, 11) is 0. The Labute approximate surface area is 122 Å². The summed E-state index contributed by atoms with van der Waals surface area (Å²) >= 11 is 0. The second-order valence-corrected chi connectivity index (χ2v) is 6.92. The van der Waals surface area contributed by atoms with Crippen molar-refractivity contribution in [3.63, 3.8) is 0 Å². The standard InChI is InChI=1S/C18H27NO/c1-15-6-5-7-16(17(15)20)14-19-12-10-18(11-13-19)8-3-2-4-9-18/h5-7,20H,2-4,8-14H2,1H3. The lowest BCUT2D eigenvalue weighted by molar-refractivity contribution is 0.0638. The van der Waals surface area contributed by atoms with Crippen LogP contribution in [0.2, 0.25) is 0 Å². The third-order valence-corrected chi connectivity index (χ3v) is 5.55. The van der Waals surface area contributed by atoms with E-state index < -0.39 is 0 Å². The highest BCUT2D eigenvalue weighted by molar-refractivity contribution is 5.39. The van der Waals surface area contributed by atoms with Crippen molar-refractivity contribution in [2.24, 2.45) is 5.41 Å². The quantitative estimate of drug-likeness (QED) is 0.871. The van der Waals surface area contributed by atoms with Crippen LogP contribution < -0.4 is 0 Å². The predicted molar refractivity (Wildman–Crippen MR) is 82.9 cm³/mol. The Morgan fingerprint density at radius 2 is 1.75 bits per heavy atom. The first-order valence-electron chi connectivity index (χ1n) is 8.18. The summed E-state index contributed by atoms with van der Waals surface area (Å²) in [4.78, 5) is 2.52. The van der Waals surface area contributed by atoms with Gasteiger partial charge in [-0.1, -0.05) is 37.5 Å². The van der Waals surface area contributed by atoms with E-state index in [1.807, 2.05) is 13.0 Å². The van der Waals surface area contributed by atoms with Crippen molar-refractivity contribution < 1.29 is 5.11 Å². The molecule has 1 aromatic rings. The van der Waals surface area contributed by atoms with Crippen LogP contribution in [0.15, 0.2) is 18.2 Å². The van der Waals surface area contributed by atoms with E-state index in [-0.39, 0.29) is 0 Å². The van der Waals surface area contributed by atoms with E-state index in [0.29, 0.717) is 11.2 Å². The van der Waals surface area contributed by atoms with Gasteiger partial charge in [0.1, 0.15) is 5.75 Å². The molecule has 1 N–H and O–H groups in total. The normalized spacial score (nSPS) is 23.1. The Hall–Kier alpha value is -1.02. The highest BCUT2D eigenvalue weighted by Gasteiger charge is 2.35. The van der Waals surface area contributed by atoms with Gasteiger partial charge in [-0.05, 0) is 56.7 Å². The Kier molecular flexibility index (Phi) is 4.02. The van der Waals surface area contributed by atoms with E-state index >= 15 is 0 Å². The maximum atomic E-state index is 10.1. The van der Waals surface area contributed by atoms with Crippen molar-refractivity contribution in [1.29, 1.82) is 0 Å². The van der Waals surface area contributed by atoms with Crippen molar-refractivity contribution in [1.82, 2.24) is 4.90 Å². The molecule has 0 radical (unpaired) electrons. The van der Waals surface area contributed by atoms with Gasteiger partial charge in [0, 0.05) is 12.1 Å². The number of hydrogen-bond donors (Lipinski definition) is 1. The van der Waals surface area contributed by atoms with Crippen LogP contribution in [0.25, 0.3) is 0 Å². The molecule has 1 aliphatic heterocycles. The number of phenolic OH excluding ortho intramolecular Hbond substituents is 1. The average molecular weight is 273 g/mol. The summed E-state index contributed by atoms with van der Waals surface area (Å²) in [6.45, 7) is 5.29. The largest absolute Gasteiger partial charge is 0.507 e. The van der Waals surface area contributed by atoms with Gasteiger partial charge in [-0.25, -0.2) is 0 Å². The molecule has 2 aliphatic rings. The zero-order valence-electron chi connectivity index (χ0n) is 12.7. The minimum Gasteiger partial charge on any atom is -0.507 e. The van der Waals surface area contributed by atoms with Gasteiger partial charge in [0.15, 0.2) is 0 Å². The number of piperidine rings is 1. The average Bonchev–Trinajstić information content (AvgIpc) is 2.47. The van der Waals surface area contributed by atoms with E-state index in [9.17, 15) is 5.11 Å². The summed E-state index contributed by atoms with van der Waals surface area (Å²) in [6.07, 6.45) is 9.96. The lowest BCUT2D eigenvalue weighted by Gasteiger charge is -2.44. The molecule has 1 spiro atoms. The topological polar surface area (TPSA) is 23.5 Å². The number of rotatable bonds is 2. The minimum absolute atomic E-state index is 0.491. The number of hydrogen-bond acceptors (Lipinski definition) is 2. The monoisotopic (exact) mass is 273 g/mol. The molecule has 1 saturated carbocycles. The molecule has 2 heteroatoms. The van der Waals surface area contributed by atoms with E-state index in [2.05, 4.69) is 17.0 Å². The van der Waals surface area contributed by atoms with Crippen molar-refractivity contribution in [2.45, 2.75) is 58.4 Å². The van der Waals surface area contributed by atoms with Crippen LogP contribution in [0, 0.1) is 12.3 Å². The molecule has 0 unspecified atom stereocenters. The third kappa shape index (κ3) is 2.85. The Morgan fingerprint density at radius 3 is 2.45 bits per heavy atom. The summed E-state index contributed by atoms with van der Waals surface area (Å²) in [6, 6.07) is 6.09. The first kappa shape index (κ1) is 13.9. The zero-order valence-corrected chi connectivity index (χ0v) is 12.7. The summed E-state index contributed by atoms with van der Waals surface area (Å²) in [5.74, 6) is 0.491. The van der Waals surface area contributed by atoms with Gasteiger partial charge in [-0.2, -0.15) is 0 Å². The highest BCUT2D eigenvalue weighted by atomic mass is 16.3. The van der Waals surface area contributed by atoms with E-state index in [1.165, 1.54) is 58.0 Å². The molecule has 1 aliphatic carbocycles. The zero-order chi connectivity index (χ0) is 14.0. The van der Waals surface area contributed by atoms with Crippen LogP contribution in [0.1, 0.15) is 56.1 Å². The lowest BCUT2D eigenvalue weighted by Crippen LogP contribution is -2.40. The van der Waals surface area contributed by atoms with Crippen LogP contribution in [0.5, 0.6) is 5.75 Å². The van der Waals surface area contributed by atoms with E-state index in [4.69, 9.17) is 0 Å². The molecule has 3 rings (SSSR count). The predicted octanol–water partition coefficient (Wildman–Crippen LogP) is 4.25. The number of phenols is 1. The first-order chi connectivity index (χ1) is 9.69. The van der Waals surface area contributed by atoms with Crippen molar-refractivity contribution >= 4 is 0 Å². The van der Waals surface area contributed by atoms with Gasteiger partial charge < -0.3 is 5.11 Å². The molecular weight excluding hydrogens is 246 g/mol. The molecule has 0 amide bonds. The van der Waals surface area contributed by atoms with Crippen molar-refractivity contribution in [2.75, 3.05) is 13.1 Å². The van der Waals surface area contributed by atoms with Gasteiger partial charge in [0.05, 0.1) is 0 Å². The van der Waals surface area contributed by atoms with Crippen LogP contribution in [0.3, 0.4) is 0 Å². The van der Waals surface area contributed by atoms with Crippen LogP contribution in [-0.4, -0.2) is 23.1 Å². The van der Waals surface area contributed by atoms with Crippen molar-refractivity contribution in [3.8, 4) is 5.75 Å². The fourth-order valence-electron chi connectivity index (χ4n) is 4.08. The third-order valence-electron chi connectivity index (χ3n) is 5.55. The van der Waals surface area contributed by atoms with E-state index in [0.717, 1.165) is 17.7 Å². The molecule has 0 atom stereocenters. The van der Waals surface area contributed by atoms with Crippen LogP contribution >= 0.6 is 0 Å². The fraction of sp³-hybridized carbons (Fsp3) is 0.667. The molecule has 1 heterocycles. The second kappa shape index (κ2) is 5.77. The molecule has 110 valence electrons. The molecule has 0 aromatic heterocycles. The van der Waals surface area contributed by atoms with Crippen molar-refractivity contribution in [3.05, 3.63) is 29.3 Å². The number of aromatic hydroxyl groups is 1. The fourth-order valence-corrected chi connectivity index (χ4v) is 4.08. The van der Waals surface area contributed by atoms with Gasteiger partial charge in [-0.3, -0.25) is 4.90 Å². The number of para-hydroxylation sites is 1. The summed E-state index contributed by atoms with van der Waals surface area (Å²) in [5, 5.41) is 10.1. The number of likely N-dealkylation sites (tertiary alicyclic amines) is 1. The maximum Gasteiger partial charge on any atom is 0.122 e. The molecule has 1 aromatic carbocycles. The molecule has 0 bridgehead atoms. The number of benzene rings is 1. The Balaban J connectivity index is 1.60. The van der Waals surface area contributed by atoms with Crippen LogP contribution in [0.4, 0.5) is 0 Å². The maximum absolute atomic E-state index is 10.1. The van der Waals surface area contributed by atoms with Gasteiger partial charge in [0.2, 0.25) is 0 Å². The van der Waals surface area contributed by atoms with Gasteiger partial charge in [0.25, 0.3) is 0 Å². The molecule has 1 saturated heterocycles. The summed E-state index contributed by atoms with van der Waals surface area (Å²) in [5.41, 5.74) is 2.75. The molecule has 20 heavy (non-hydrogen) atoms. The van der Waals surface area contributed by atoms with Crippen LogP contribution in [-0.2, 0) is 6.54 Å². The SMILES string of the molecule is Cc1cccc(CN2CCC3(CCCCC3)CC2)c1O. The number of aryl methyl sites for hydroxylation is 1.